The minimum absolute atomic E-state index is 0.136. The third kappa shape index (κ3) is 4.82. The van der Waals surface area contributed by atoms with E-state index in [0.29, 0.717) is 17.3 Å². The number of rotatable bonds is 6. The summed E-state index contributed by atoms with van der Waals surface area (Å²) < 4.78 is 27.1. The van der Waals surface area contributed by atoms with E-state index in [1.54, 1.807) is 12.1 Å². The average Bonchev–Trinajstić information content (AvgIpc) is 3.42. The number of anilines is 2. The van der Waals surface area contributed by atoms with E-state index >= 15 is 0 Å². The summed E-state index contributed by atoms with van der Waals surface area (Å²) in [5.41, 5.74) is 1.95. The molecular formula is C21H27N3O3S2. The highest BCUT2D eigenvalue weighted by molar-refractivity contribution is 7.91. The van der Waals surface area contributed by atoms with Crippen LogP contribution in [0.1, 0.15) is 37.0 Å². The van der Waals surface area contributed by atoms with Crippen LogP contribution in [0.15, 0.2) is 40.6 Å². The highest BCUT2D eigenvalue weighted by atomic mass is 32.2. The van der Waals surface area contributed by atoms with Crippen molar-refractivity contribution in [2.45, 2.75) is 42.7 Å². The van der Waals surface area contributed by atoms with Gasteiger partial charge < -0.3 is 10.2 Å². The third-order valence-corrected chi connectivity index (χ3v) is 8.95. The molecule has 2 saturated heterocycles. The topological polar surface area (TPSA) is 69.7 Å². The van der Waals surface area contributed by atoms with Crippen molar-refractivity contribution in [2.24, 2.45) is 0 Å². The molecule has 0 atom stereocenters. The van der Waals surface area contributed by atoms with Gasteiger partial charge in [0.05, 0.1) is 6.42 Å². The van der Waals surface area contributed by atoms with Crippen LogP contribution >= 0.6 is 11.3 Å². The zero-order valence-electron chi connectivity index (χ0n) is 16.5. The van der Waals surface area contributed by atoms with Gasteiger partial charge in [0.1, 0.15) is 4.21 Å². The number of piperidine rings is 1. The number of nitrogens with zero attached hydrogens (tertiary/aromatic N) is 2. The van der Waals surface area contributed by atoms with E-state index in [-0.39, 0.29) is 12.3 Å². The minimum atomic E-state index is -3.41. The lowest BCUT2D eigenvalue weighted by Crippen LogP contribution is -2.29. The third-order valence-electron chi connectivity index (χ3n) is 5.50. The van der Waals surface area contributed by atoms with Gasteiger partial charge in [-0.25, -0.2) is 8.42 Å². The van der Waals surface area contributed by atoms with Gasteiger partial charge in [0, 0.05) is 42.4 Å². The van der Waals surface area contributed by atoms with Crippen LogP contribution in [0.5, 0.6) is 0 Å². The van der Waals surface area contributed by atoms with Gasteiger partial charge in [0.25, 0.3) is 10.0 Å². The van der Waals surface area contributed by atoms with E-state index in [1.165, 1.54) is 40.6 Å². The Hall–Kier alpha value is -1.90. The second-order valence-corrected chi connectivity index (χ2v) is 11.0. The summed E-state index contributed by atoms with van der Waals surface area (Å²) in [5.74, 6) is -0.136. The molecule has 1 amide bonds. The van der Waals surface area contributed by atoms with Crippen molar-refractivity contribution in [3.63, 3.8) is 0 Å². The van der Waals surface area contributed by atoms with Gasteiger partial charge in [-0.1, -0.05) is 0 Å². The number of thiophene rings is 1. The van der Waals surface area contributed by atoms with Crippen molar-refractivity contribution in [1.82, 2.24) is 4.31 Å². The van der Waals surface area contributed by atoms with Crippen molar-refractivity contribution in [3.8, 4) is 0 Å². The summed E-state index contributed by atoms with van der Waals surface area (Å²) in [5, 5.41) is 2.91. The van der Waals surface area contributed by atoms with Crippen LogP contribution in [0, 0.1) is 0 Å². The molecule has 1 aromatic heterocycles. The first kappa shape index (κ1) is 20.4. The first-order valence-corrected chi connectivity index (χ1v) is 12.5. The molecule has 1 aromatic carbocycles. The van der Waals surface area contributed by atoms with Crippen LogP contribution in [0.3, 0.4) is 0 Å². The van der Waals surface area contributed by atoms with Crippen molar-refractivity contribution < 1.29 is 13.2 Å². The smallest absolute Gasteiger partial charge is 0.252 e. The number of carbonyl (C=O) groups is 1. The van der Waals surface area contributed by atoms with Crippen LogP contribution in [0.4, 0.5) is 11.4 Å². The Morgan fingerprint density at radius 2 is 1.55 bits per heavy atom. The van der Waals surface area contributed by atoms with E-state index in [0.717, 1.165) is 36.5 Å². The second kappa shape index (κ2) is 8.85. The molecule has 29 heavy (non-hydrogen) atoms. The lowest BCUT2D eigenvalue weighted by atomic mass is 10.1. The quantitative estimate of drug-likeness (QED) is 0.754. The summed E-state index contributed by atoms with van der Waals surface area (Å²) in [4.78, 5) is 15.5. The molecule has 2 aliphatic heterocycles. The Kier molecular flexibility index (Phi) is 6.22. The highest BCUT2D eigenvalue weighted by Crippen LogP contribution is 2.28. The van der Waals surface area contributed by atoms with Crippen molar-refractivity contribution in [2.75, 3.05) is 36.4 Å². The Bertz CT molecular complexity index is 942. The lowest BCUT2D eigenvalue weighted by Gasteiger charge is -2.28. The number of sulfonamides is 1. The molecule has 0 saturated carbocycles. The zero-order valence-corrected chi connectivity index (χ0v) is 18.1. The monoisotopic (exact) mass is 433 g/mol. The number of nitrogens with one attached hydrogen (secondary N) is 1. The molecule has 3 heterocycles. The molecular weight excluding hydrogens is 406 g/mol. The first-order chi connectivity index (χ1) is 14.0. The van der Waals surface area contributed by atoms with Crippen LogP contribution in [-0.4, -0.2) is 44.8 Å². The molecule has 0 spiro atoms. The summed E-state index contributed by atoms with van der Waals surface area (Å²) >= 11 is 1.19. The molecule has 0 radical (unpaired) electrons. The molecule has 2 fully saturated rings. The first-order valence-electron chi connectivity index (χ1n) is 10.3. The highest BCUT2D eigenvalue weighted by Gasteiger charge is 2.28. The summed E-state index contributed by atoms with van der Waals surface area (Å²) in [6.45, 7) is 3.35. The lowest BCUT2D eigenvalue weighted by molar-refractivity contribution is -0.115. The van der Waals surface area contributed by atoms with Gasteiger partial charge in [0.2, 0.25) is 5.91 Å². The fourth-order valence-corrected chi connectivity index (χ4v) is 6.94. The molecule has 8 heteroatoms. The van der Waals surface area contributed by atoms with Gasteiger partial charge in [-0.3, -0.25) is 4.79 Å². The Morgan fingerprint density at radius 3 is 2.24 bits per heavy atom. The SMILES string of the molecule is O=C(Cc1ccc(S(=O)(=O)N2CCCC2)s1)Nc1ccc(N2CCCCC2)cc1. The maximum absolute atomic E-state index is 12.6. The van der Waals surface area contributed by atoms with E-state index < -0.39 is 10.0 Å². The van der Waals surface area contributed by atoms with Crippen LogP contribution in [0.2, 0.25) is 0 Å². The maximum atomic E-state index is 12.6. The number of hydrogen-bond donors (Lipinski definition) is 1. The van der Waals surface area contributed by atoms with Crippen LogP contribution in [0.25, 0.3) is 0 Å². The van der Waals surface area contributed by atoms with Crippen molar-refractivity contribution >= 4 is 38.6 Å². The molecule has 156 valence electrons. The largest absolute Gasteiger partial charge is 0.372 e. The fourth-order valence-electron chi connectivity index (χ4n) is 3.92. The molecule has 6 nitrogen and oxygen atoms in total. The Morgan fingerprint density at radius 1 is 0.897 bits per heavy atom. The number of benzene rings is 1. The van der Waals surface area contributed by atoms with Gasteiger partial charge in [0.15, 0.2) is 0 Å². The van der Waals surface area contributed by atoms with Crippen LogP contribution < -0.4 is 10.2 Å². The zero-order chi connectivity index (χ0) is 20.3. The van der Waals surface area contributed by atoms with E-state index in [1.807, 2.05) is 24.3 Å². The van der Waals surface area contributed by atoms with Crippen molar-refractivity contribution in [3.05, 3.63) is 41.3 Å². The maximum Gasteiger partial charge on any atom is 0.252 e. The Balaban J connectivity index is 1.34. The average molecular weight is 434 g/mol. The number of amides is 1. The summed E-state index contributed by atoms with van der Waals surface area (Å²) in [7, 11) is -3.41. The van der Waals surface area contributed by atoms with E-state index in [2.05, 4.69) is 10.2 Å². The standard InChI is InChI=1S/C21H27N3O3S2/c25-20(22-17-6-8-18(9-7-17)23-12-2-1-3-13-23)16-19-10-11-21(28-19)29(26,27)24-14-4-5-15-24/h6-11H,1-5,12-16H2,(H,22,25). The van der Waals surface area contributed by atoms with Gasteiger partial charge in [-0.05, 0) is 68.5 Å². The predicted molar refractivity (Wildman–Crippen MR) is 117 cm³/mol. The summed E-state index contributed by atoms with van der Waals surface area (Å²) in [6, 6.07) is 11.3. The van der Waals surface area contributed by atoms with E-state index in [4.69, 9.17) is 0 Å². The molecule has 0 unspecified atom stereocenters. The number of hydrogen-bond acceptors (Lipinski definition) is 5. The predicted octanol–water partition coefficient (Wildman–Crippen LogP) is 3.70. The fraction of sp³-hybridized carbons (Fsp3) is 0.476. The number of carbonyl (C=O) groups excluding carboxylic acids is 1. The molecule has 1 N–H and O–H groups in total. The second-order valence-electron chi connectivity index (χ2n) is 7.65. The van der Waals surface area contributed by atoms with E-state index in [9.17, 15) is 13.2 Å². The van der Waals surface area contributed by atoms with Crippen LogP contribution in [-0.2, 0) is 21.2 Å². The summed E-state index contributed by atoms with van der Waals surface area (Å²) in [6.07, 6.45) is 5.76. The van der Waals surface area contributed by atoms with Gasteiger partial charge >= 0.3 is 0 Å². The molecule has 2 aromatic rings. The normalized spacial score (nSPS) is 18.1. The molecule has 0 aliphatic carbocycles. The molecule has 4 rings (SSSR count). The Labute approximate surface area is 176 Å². The minimum Gasteiger partial charge on any atom is -0.372 e. The van der Waals surface area contributed by atoms with Gasteiger partial charge in [-0.15, -0.1) is 11.3 Å². The van der Waals surface area contributed by atoms with Gasteiger partial charge in [-0.2, -0.15) is 4.31 Å². The van der Waals surface area contributed by atoms with Crippen molar-refractivity contribution in [1.29, 1.82) is 0 Å². The molecule has 0 bridgehead atoms. The molecule has 2 aliphatic rings.